The molecular formula is C16H22N4O. The minimum absolute atomic E-state index is 0.487. The van der Waals surface area contributed by atoms with Crippen LogP contribution in [0.2, 0.25) is 0 Å². The van der Waals surface area contributed by atoms with Crippen LogP contribution in [0.3, 0.4) is 0 Å². The molecule has 3 rings (SSSR count). The maximum Gasteiger partial charge on any atom is 0.0658 e. The van der Waals surface area contributed by atoms with Gasteiger partial charge in [-0.05, 0) is 31.0 Å². The van der Waals surface area contributed by atoms with Crippen molar-refractivity contribution in [3.05, 3.63) is 48.0 Å². The molecule has 1 fully saturated rings. The van der Waals surface area contributed by atoms with Crippen molar-refractivity contribution in [2.24, 2.45) is 0 Å². The first-order chi connectivity index (χ1) is 10.4. The van der Waals surface area contributed by atoms with Crippen molar-refractivity contribution < 1.29 is 4.74 Å². The lowest BCUT2D eigenvalue weighted by Gasteiger charge is -2.23. The Hall–Kier alpha value is -1.72. The molecule has 0 aliphatic carbocycles. The first-order valence-electron chi connectivity index (χ1n) is 7.51. The van der Waals surface area contributed by atoms with Gasteiger partial charge in [-0.25, -0.2) is 0 Å². The third kappa shape index (κ3) is 3.49. The summed E-state index contributed by atoms with van der Waals surface area (Å²) in [5, 5.41) is 4.39. The molecule has 3 heterocycles. The Bertz CT molecular complexity index is 554. The molecule has 0 saturated carbocycles. The van der Waals surface area contributed by atoms with E-state index in [1.54, 1.807) is 7.11 Å². The molecule has 0 amide bonds. The quantitative estimate of drug-likeness (QED) is 0.817. The fraction of sp³-hybridized carbons (Fsp3) is 0.500. The van der Waals surface area contributed by atoms with Gasteiger partial charge in [-0.3, -0.25) is 14.6 Å². The maximum absolute atomic E-state index is 5.09. The number of hydrogen-bond donors (Lipinski definition) is 0. The smallest absolute Gasteiger partial charge is 0.0658 e. The number of methoxy groups -OCH3 is 1. The van der Waals surface area contributed by atoms with Gasteiger partial charge in [-0.1, -0.05) is 6.07 Å². The van der Waals surface area contributed by atoms with Crippen molar-refractivity contribution in [1.82, 2.24) is 19.7 Å². The molecule has 2 aromatic rings. The molecule has 0 radical (unpaired) electrons. The molecule has 5 nitrogen and oxygen atoms in total. The van der Waals surface area contributed by atoms with Crippen LogP contribution in [0.15, 0.2) is 36.9 Å². The first-order valence-corrected chi connectivity index (χ1v) is 7.51. The van der Waals surface area contributed by atoms with Crippen LogP contribution in [-0.4, -0.2) is 39.9 Å². The molecule has 0 N–H and O–H groups in total. The highest BCUT2D eigenvalue weighted by molar-refractivity contribution is 5.16. The summed E-state index contributed by atoms with van der Waals surface area (Å²) in [5.74, 6) is 0. The van der Waals surface area contributed by atoms with Gasteiger partial charge in [0.1, 0.15) is 0 Å². The highest BCUT2D eigenvalue weighted by atomic mass is 16.5. The van der Waals surface area contributed by atoms with Crippen LogP contribution < -0.4 is 0 Å². The Morgan fingerprint density at radius 1 is 1.38 bits per heavy atom. The molecule has 112 valence electrons. The third-order valence-corrected chi connectivity index (χ3v) is 4.03. The Morgan fingerprint density at radius 2 is 2.33 bits per heavy atom. The van der Waals surface area contributed by atoms with Crippen molar-refractivity contribution in [2.75, 3.05) is 20.3 Å². The van der Waals surface area contributed by atoms with Crippen LogP contribution in [0.25, 0.3) is 0 Å². The van der Waals surface area contributed by atoms with Crippen molar-refractivity contribution in [1.29, 1.82) is 0 Å². The van der Waals surface area contributed by atoms with E-state index in [1.807, 2.05) is 29.3 Å². The van der Waals surface area contributed by atoms with Gasteiger partial charge in [0, 0.05) is 43.9 Å². The minimum Gasteiger partial charge on any atom is -0.383 e. The van der Waals surface area contributed by atoms with E-state index >= 15 is 0 Å². The summed E-state index contributed by atoms with van der Waals surface area (Å²) in [6.45, 7) is 3.60. The van der Waals surface area contributed by atoms with Crippen LogP contribution in [0, 0.1) is 0 Å². The van der Waals surface area contributed by atoms with Gasteiger partial charge in [0.15, 0.2) is 0 Å². The fourth-order valence-electron chi connectivity index (χ4n) is 3.00. The molecule has 2 aromatic heterocycles. The molecule has 1 aliphatic rings. The summed E-state index contributed by atoms with van der Waals surface area (Å²) in [6.07, 6.45) is 10.4. The summed E-state index contributed by atoms with van der Waals surface area (Å²) in [5.41, 5.74) is 2.59. The average Bonchev–Trinajstić information content (AvgIpc) is 3.16. The van der Waals surface area contributed by atoms with E-state index in [2.05, 4.69) is 27.2 Å². The zero-order valence-corrected chi connectivity index (χ0v) is 12.5. The van der Waals surface area contributed by atoms with E-state index in [4.69, 9.17) is 4.74 Å². The molecule has 0 spiro atoms. The Kier molecular flexibility index (Phi) is 4.62. The van der Waals surface area contributed by atoms with E-state index in [1.165, 1.54) is 24.0 Å². The topological polar surface area (TPSA) is 43.2 Å². The number of rotatable bonds is 6. The predicted octanol–water partition coefficient (Wildman–Crippen LogP) is 2.26. The molecule has 5 heteroatoms. The molecule has 0 aromatic carbocycles. The number of pyridine rings is 1. The molecule has 0 bridgehead atoms. The lowest BCUT2D eigenvalue weighted by Crippen LogP contribution is -2.22. The Morgan fingerprint density at radius 3 is 3.14 bits per heavy atom. The second-order valence-electron chi connectivity index (χ2n) is 5.52. The van der Waals surface area contributed by atoms with Gasteiger partial charge >= 0.3 is 0 Å². The van der Waals surface area contributed by atoms with E-state index in [0.29, 0.717) is 12.6 Å². The standard InChI is InChI=1S/C16H22N4O/c1-21-9-8-20-13-14(10-18-20)12-19-7-3-5-16(19)15-4-2-6-17-11-15/h2,4,6,10-11,13,16H,3,5,7-9,12H2,1H3. The third-order valence-electron chi connectivity index (χ3n) is 4.03. The Labute approximate surface area is 125 Å². The Balaban J connectivity index is 1.65. The summed E-state index contributed by atoms with van der Waals surface area (Å²) in [4.78, 5) is 6.77. The second kappa shape index (κ2) is 6.83. The van der Waals surface area contributed by atoms with Crippen molar-refractivity contribution >= 4 is 0 Å². The molecule has 1 saturated heterocycles. The molecule has 1 aliphatic heterocycles. The van der Waals surface area contributed by atoms with Gasteiger partial charge in [0.25, 0.3) is 0 Å². The maximum atomic E-state index is 5.09. The summed E-state index contributed by atoms with van der Waals surface area (Å²) >= 11 is 0. The van der Waals surface area contributed by atoms with Crippen molar-refractivity contribution in [3.63, 3.8) is 0 Å². The van der Waals surface area contributed by atoms with Gasteiger partial charge in [-0.2, -0.15) is 5.10 Å². The normalized spacial score (nSPS) is 19.2. The molecule has 21 heavy (non-hydrogen) atoms. The zero-order chi connectivity index (χ0) is 14.5. The van der Waals surface area contributed by atoms with Crippen LogP contribution in [0.5, 0.6) is 0 Å². The number of nitrogens with zero attached hydrogens (tertiary/aromatic N) is 4. The SMILES string of the molecule is COCCn1cc(CN2CCCC2c2cccnc2)cn1. The van der Waals surface area contributed by atoms with Gasteiger partial charge in [0.2, 0.25) is 0 Å². The molecular weight excluding hydrogens is 264 g/mol. The summed E-state index contributed by atoms with van der Waals surface area (Å²) < 4.78 is 7.04. The molecule has 1 unspecified atom stereocenters. The predicted molar refractivity (Wildman–Crippen MR) is 80.7 cm³/mol. The number of aromatic nitrogens is 3. The van der Waals surface area contributed by atoms with E-state index in [-0.39, 0.29) is 0 Å². The van der Waals surface area contributed by atoms with E-state index < -0.39 is 0 Å². The lowest BCUT2D eigenvalue weighted by molar-refractivity contribution is 0.183. The van der Waals surface area contributed by atoms with E-state index in [9.17, 15) is 0 Å². The number of likely N-dealkylation sites (tertiary alicyclic amines) is 1. The number of hydrogen-bond acceptors (Lipinski definition) is 4. The van der Waals surface area contributed by atoms with Crippen molar-refractivity contribution in [3.8, 4) is 0 Å². The molecule has 1 atom stereocenters. The largest absolute Gasteiger partial charge is 0.383 e. The van der Waals surface area contributed by atoms with Crippen LogP contribution >= 0.6 is 0 Å². The highest BCUT2D eigenvalue weighted by Gasteiger charge is 2.26. The van der Waals surface area contributed by atoms with Gasteiger partial charge in [0.05, 0.1) is 19.3 Å². The van der Waals surface area contributed by atoms with Crippen LogP contribution in [0.4, 0.5) is 0 Å². The minimum atomic E-state index is 0.487. The van der Waals surface area contributed by atoms with Gasteiger partial charge in [-0.15, -0.1) is 0 Å². The van der Waals surface area contributed by atoms with Crippen LogP contribution in [0.1, 0.15) is 30.0 Å². The lowest BCUT2D eigenvalue weighted by atomic mass is 10.1. The van der Waals surface area contributed by atoms with Crippen LogP contribution in [-0.2, 0) is 17.8 Å². The summed E-state index contributed by atoms with van der Waals surface area (Å²) in [7, 11) is 1.72. The highest BCUT2D eigenvalue weighted by Crippen LogP contribution is 2.32. The zero-order valence-electron chi connectivity index (χ0n) is 12.5. The fourth-order valence-corrected chi connectivity index (χ4v) is 3.00. The average molecular weight is 286 g/mol. The second-order valence-corrected chi connectivity index (χ2v) is 5.52. The number of ether oxygens (including phenoxy) is 1. The van der Waals surface area contributed by atoms with Crippen molar-refractivity contribution in [2.45, 2.75) is 32.0 Å². The van der Waals surface area contributed by atoms with Gasteiger partial charge < -0.3 is 4.74 Å². The summed E-state index contributed by atoms with van der Waals surface area (Å²) in [6, 6.07) is 4.69. The van der Waals surface area contributed by atoms with E-state index in [0.717, 1.165) is 19.6 Å². The first kappa shape index (κ1) is 14.2. The monoisotopic (exact) mass is 286 g/mol.